The zero-order valence-corrected chi connectivity index (χ0v) is 12.2. The van der Waals surface area contributed by atoms with Gasteiger partial charge >= 0.3 is 0 Å². The minimum absolute atomic E-state index is 0.00589. The van der Waals surface area contributed by atoms with Crippen LogP contribution in [0.4, 0.5) is 0 Å². The highest BCUT2D eigenvalue weighted by Crippen LogP contribution is 2.30. The van der Waals surface area contributed by atoms with Crippen LogP contribution in [0.2, 0.25) is 0 Å². The number of rotatable bonds is 6. The molecule has 20 heavy (non-hydrogen) atoms. The van der Waals surface area contributed by atoms with Crippen LogP contribution >= 0.6 is 0 Å². The van der Waals surface area contributed by atoms with Crippen LogP contribution in [0.3, 0.4) is 0 Å². The van der Waals surface area contributed by atoms with Crippen molar-refractivity contribution >= 4 is 5.91 Å². The van der Waals surface area contributed by atoms with Gasteiger partial charge in [0.05, 0.1) is 12.7 Å². The Bertz CT molecular complexity index is 451. The molecule has 4 heteroatoms. The topological polar surface area (TPSA) is 58.6 Å². The van der Waals surface area contributed by atoms with E-state index in [1.807, 2.05) is 31.2 Å². The molecule has 0 saturated heterocycles. The molecule has 0 heterocycles. The van der Waals surface area contributed by atoms with Crippen molar-refractivity contribution in [2.75, 3.05) is 13.7 Å². The van der Waals surface area contributed by atoms with Gasteiger partial charge in [-0.15, -0.1) is 0 Å². The van der Waals surface area contributed by atoms with Crippen molar-refractivity contribution in [3.63, 3.8) is 0 Å². The molecule has 0 spiro atoms. The Balaban J connectivity index is 1.80. The van der Waals surface area contributed by atoms with Crippen molar-refractivity contribution in [3.05, 3.63) is 29.8 Å². The highest BCUT2D eigenvalue weighted by molar-refractivity contribution is 5.76. The predicted octanol–water partition coefficient (Wildman–Crippen LogP) is 2.22. The number of carbonyl (C=O) groups excluding carboxylic acids is 1. The van der Waals surface area contributed by atoms with E-state index in [4.69, 9.17) is 4.74 Å². The van der Waals surface area contributed by atoms with Gasteiger partial charge in [-0.3, -0.25) is 4.79 Å². The second-order valence-electron chi connectivity index (χ2n) is 5.73. The van der Waals surface area contributed by atoms with Crippen LogP contribution in [0, 0.1) is 0 Å². The van der Waals surface area contributed by atoms with Crippen molar-refractivity contribution in [3.8, 4) is 5.75 Å². The zero-order valence-electron chi connectivity index (χ0n) is 12.2. The minimum Gasteiger partial charge on any atom is -0.497 e. The number of nitrogens with one attached hydrogen (secondary N) is 1. The predicted molar refractivity (Wildman–Crippen MR) is 77.8 cm³/mol. The summed E-state index contributed by atoms with van der Waals surface area (Å²) in [5.41, 5.74) is 0.460. The van der Waals surface area contributed by atoms with Crippen LogP contribution in [-0.2, 0) is 4.79 Å². The fourth-order valence-corrected chi connectivity index (χ4v) is 2.43. The number of ether oxygens (including phenoxy) is 1. The molecule has 1 unspecified atom stereocenters. The Labute approximate surface area is 120 Å². The first-order chi connectivity index (χ1) is 9.52. The number of carbonyl (C=O) groups is 1. The molecule has 1 aromatic rings. The standard InChI is InChI=1S/C16H23NO3/c1-12(13-4-6-14(20-2)7-5-13)10-15(18)17-11-16(19)8-3-9-16/h4-7,12,19H,3,8-11H2,1-2H3,(H,17,18). The molecular formula is C16H23NO3. The maximum absolute atomic E-state index is 11.9. The van der Waals surface area contributed by atoms with Gasteiger partial charge in [0.2, 0.25) is 5.91 Å². The van der Waals surface area contributed by atoms with Gasteiger partial charge in [-0.25, -0.2) is 0 Å². The number of amides is 1. The molecule has 0 aliphatic heterocycles. The molecular weight excluding hydrogens is 254 g/mol. The molecule has 0 bridgehead atoms. The largest absolute Gasteiger partial charge is 0.497 e. The van der Waals surface area contributed by atoms with Crippen molar-refractivity contribution in [1.29, 1.82) is 0 Å². The molecule has 1 saturated carbocycles. The molecule has 2 N–H and O–H groups in total. The summed E-state index contributed by atoms with van der Waals surface area (Å²) in [7, 11) is 1.64. The summed E-state index contributed by atoms with van der Waals surface area (Å²) < 4.78 is 5.12. The van der Waals surface area contributed by atoms with E-state index >= 15 is 0 Å². The lowest BCUT2D eigenvalue weighted by molar-refractivity contribution is -0.123. The van der Waals surface area contributed by atoms with E-state index in [0.717, 1.165) is 30.6 Å². The van der Waals surface area contributed by atoms with Crippen LogP contribution in [0.15, 0.2) is 24.3 Å². The third kappa shape index (κ3) is 3.73. The zero-order chi connectivity index (χ0) is 14.6. The summed E-state index contributed by atoms with van der Waals surface area (Å²) in [5.74, 6) is 0.961. The fraction of sp³-hybridized carbons (Fsp3) is 0.562. The molecule has 0 aromatic heterocycles. The van der Waals surface area contributed by atoms with Crippen LogP contribution < -0.4 is 10.1 Å². The van der Waals surface area contributed by atoms with Crippen molar-refractivity contribution in [1.82, 2.24) is 5.32 Å². The second-order valence-corrected chi connectivity index (χ2v) is 5.73. The van der Waals surface area contributed by atoms with Crippen molar-refractivity contribution in [2.24, 2.45) is 0 Å². The Morgan fingerprint density at radius 3 is 2.55 bits per heavy atom. The maximum Gasteiger partial charge on any atom is 0.220 e. The lowest BCUT2D eigenvalue weighted by atomic mass is 9.80. The third-order valence-corrected chi connectivity index (χ3v) is 4.08. The number of aliphatic hydroxyl groups is 1. The molecule has 110 valence electrons. The van der Waals surface area contributed by atoms with E-state index in [9.17, 15) is 9.90 Å². The minimum atomic E-state index is -0.654. The summed E-state index contributed by atoms with van der Waals surface area (Å²) >= 11 is 0. The molecule has 1 aliphatic rings. The summed E-state index contributed by atoms with van der Waals surface area (Å²) in [6, 6.07) is 7.77. The molecule has 0 radical (unpaired) electrons. The van der Waals surface area contributed by atoms with Gasteiger partial charge in [0.1, 0.15) is 5.75 Å². The monoisotopic (exact) mass is 277 g/mol. The Morgan fingerprint density at radius 2 is 2.05 bits per heavy atom. The van der Waals surface area contributed by atoms with Gasteiger partial charge in [0.25, 0.3) is 0 Å². The molecule has 1 fully saturated rings. The van der Waals surface area contributed by atoms with Crippen LogP contribution in [0.25, 0.3) is 0 Å². The average molecular weight is 277 g/mol. The van der Waals surface area contributed by atoms with Crippen molar-refractivity contribution < 1.29 is 14.6 Å². The van der Waals surface area contributed by atoms with Crippen LogP contribution in [-0.4, -0.2) is 30.3 Å². The van der Waals surface area contributed by atoms with E-state index in [2.05, 4.69) is 5.32 Å². The molecule has 1 aromatic carbocycles. The molecule has 1 amide bonds. The van der Waals surface area contributed by atoms with Crippen LogP contribution in [0.5, 0.6) is 5.75 Å². The first-order valence-electron chi connectivity index (χ1n) is 7.15. The highest BCUT2D eigenvalue weighted by atomic mass is 16.5. The summed E-state index contributed by atoms with van der Waals surface area (Å²) in [6.45, 7) is 2.40. The van der Waals surface area contributed by atoms with E-state index in [0.29, 0.717) is 13.0 Å². The molecule has 2 rings (SSSR count). The Kier molecular flexibility index (Phi) is 4.65. The van der Waals surface area contributed by atoms with E-state index in [-0.39, 0.29) is 11.8 Å². The van der Waals surface area contributed by atoms with Gasteiger partial charge in [-0.05, 0) is 42.9 Å². The quantitative estimate of drug-likeness (QED) is 0.838. The Morgan fingerprint density at radius 1 is 1.40 bits per heavy atom. The molecule has 1 atom stereocenters. The summed E-state index contributed by atoms with van der Waals surface area (Å²) in [5, 5.41) is 12.8. The lowest BCUT2D eigenvalue weighted by Crippen LogP contribution is -2.47. The van der Waals surface area contributed by atoms with Gasteiger partial charge < -0.3 is 15.2 Å². The van der Waals surface area contributed by atoms with Gasteiger partial charge in [-0.1, -0.05) is 19.1 Å². The first kappa shape index (κ1) is 14.9. The number of methoxy groups -OCH3 is 1. The molecule has 1 aliphatic carbocycles. The van der Waals surface area contributed by atoms with E-state index < -0.39 is 5.60 Å². The SMILES string of the molecule is COc1ccc(C(C)CC(=O)NCC2(O)CCC2)cc1. The van der Waals surface area contributed by atoms with Gasteiger partial charge in [0, 0.05) is 13.0 Å². The molecule has 4 nitrogen and oxygen atoms in total. The van der Waals surface area contributed by atoms with Gasteiger partial charge in [0.15, 0.2) is 0 Å². The number of hydrogen-bond donors (Lipinski definition) is 2. The van der Waals surface area contributed by atoms with Gasteiger partial charge in [-0.2, -0.15) is 0 Å². The third-order valence-electron chi connectivity index (χ3n) is 4.08. The fourth-order valence-electron chi connectivity index (χ4n) is 2.43. The van der Waals surface area contributed by atoms with Crippen LogP contribution in [0.1, 0.15) is 44.1 Å². The second kappa shape index (κ2) is 6.27. The highest BCUT2D eigenvalue weighted by Gasteiger charge is 2.34. The number of hydrogen-bond acceptors (Lipinski definition) is 3. The maximum atomic E-state index is 11.9. The summed E-state index contributed by atoms with van der Waals surface area (Å²) in [6.07, 6.45) is 3.07. The Hall–Kier alpha value is -1.55. The lowest BCUT2D eigenvalue weighted by Gasteiger charge is -2.36. The number of benzene rings is 1. The first-order valence-corrected chi connectivity index (χ1v) is 7.15. The van der Waals surface area contributed by atoms with E-state index in [1.165, 1.54) is 0 Å². The smallest absolute Gasteiger partial charge is 0.220 e. The van der Waals surface area contributed by atoms with Crippen molar-refractivity contribution in [2.45, 2.75) is 44.1 Å². The summed E-state index contributed by atoms with van der Waals surface area (Å²) in [4.78, 5) is 11.9. The normalized spacial score (nSPS) is 17.9. The average Bonchev–Trinajstić information content (AvgIpc) is 2.43. The van der Waals surface area contributed by atoms with E-state index in [1.54, 1.807) is 7.11 Å².